The van der Waals surface area contributed by atoms with Gasteiger partial charge in [-0.25, -0.2) is 0 Å². The number of ether oxygens (including phenoxy) is 2. The topological polar surface area (TPSA) is 44.5 Å². The van der Waals surface area contributed by atoms with Gasteiger partial charge in [-0.15, -0.1) is 0 Å². The van der Waals surface area contributed by atoms with Crippen LogP contribution in [0, 0.1) is 0 Å². The predicted octanol–water partition coefficient (Wildman–Crippen LogP) is 6.75. The average Bonchev–Trinajstić information content (AvgIpc) is 2.65. The van der Waals surface area contributed by atoms with Gasteiger partial charge in [-0.1, -0.05) is 110 Å². The number of rotatable bonds is 22. The van der Waals surface area contributed by atoms with Gasteiger partial charge in [-0.2, -0.15) is 0 Å². The van der Waals surface area contributed by atoms with Crippen LogP contribution in [0.1, 0.15) is 110 Å². The first-order valence-corrected chi connectivity index (χ1v) is 11.4. The minimum Gasteiger partial charge on any atom is -0.500 e. The van der Waals surface area contributed by atoms with Gasteiger partial charge in [0, 0.05) is 6.61 Å². The highest BCUT2D eigenvalue weighted by atomic mass is 16.5. The molecule has 0 aliphatic heterocycles. The molecule has 0 radical (unpaired) electrons. The summed E-state index contributed by atoms with van der Waals surface area (Å²) >= 11 is 0. The van der Waals surface area contributed by atoms with E-state index in [4.69, 9.17) is 15.2 Å². The van der Waals surface area contributed by atoms with Crippen molar-refractivity contribution in [2.24, 2.45) is 5.73 Å². The molecule has 0 rings (SSSR count). The highest BCUT2D eigenvalue weighted by Crippen LogP contribution is 2.13. The third-order valence-electron chi connectivity index (χ3n) is 4.90. The second-order valence-corrected chi connectivity index (χ2v) is 7.64. The van der Waals surface area contributed by atoms with Crippen LogP contribution >= 0.6 is 0 Å². The molecule has 26 heavy (non-hydrogen) atoms. The normalized spacial score (nSPS) is 12.2. The van der Waals surface area contributed by atoms with Crippen LogP contribution in [0.15, 0.2) is 12.8 Å². The molecule has 0 aliphatic carbocycles. The molecule has 0 heterocycles. The lowest BCUT2D eigenvalue weighted by atomic mass is 10.0. The van der Waals surface area contributed by atoms with E-state index in [0.717, 1.165) is 13.0 Å². The third-order valence-corrected chi connectivity index (χ3v) is 4.90. The van der Waals surface area contributed by atoms with Crippen molar-refractivity contribution in [2.45, 2.75) is 116 Å². The Morgan fingerprint density at radius 1 is 0.692 bits per heavy atom. The number of nitrogens with two attached hydrogens (primary N) is 1. The van der Waals surface area contributed by atoms with E-state index in [9.17, 15) is 0 Å². The molecule has 3 heteroatoms. The summed E-state index contributed by atoms with van der Waals surface area (Å²) < 4.78 is 10.6. The van der Waals surface area contributed by atoms with Crippen LogP contribution in [0.25, 0.3) is 0 Å². The Kier molecular flexibility index (Phi) is 22.0. The first-order chi connectivity index (χ1) is 12.8. The van der Waals surface area contributed by atoms with Crippen LogP contribution < -0.4 is 5.73 Å². The Hall–Kier alpha value is -0.540. The zero-order chi connectivity index (χ0) is 19.1. The van der Waals surface area contributed by atoms with Gasteiger partial charge in [0.15, 0.2) is 0 Å². The summed E-state index contributed by atoms with van der Waals surface area (Å²) in [6, 6.07) is -0.0472. The summed E-state index contributed by atoms with van der Waals surface area (Å²) in [7, 11) is 0. The van der Waals surface area contributed by atoms with E-state index in [1.54, 1.807) is 0 Å². The predicted molar refractivity (Wildman–Crippen MR) is 114 cm³/mol. The highest BCUT2D eigenvalue weighted by molar-refractivity contribution is 4.61. The van der Waals surface area contributed by atoms with E-state index in [1.165, 1.54) is 103 Å². The lowest BCUT2D eigenvalue weighted by Gasteiger charge is -2.11. The van der Waals surface area contributed by atoms with Crippen LogP contribution in [-0.4, -0.2) is 25.9 Å². The minimum atomic E-state index is -0.0472. The maximum Gasteiger partial charge on any atom is 0.105 e. The molecule has 0 bridgehead atoms. The summed E-state index contributed by atoms with van der Waals surface area (Å²) in [6.07, 6.45) is 23.8. The maximum atomic E-state index is 5.83. The number of unbranched alkanes of at least 4 members (excludes halogenated alkanes) is 15. The summed E-state index contributed by atoms with van der Waals surface area (Å²) in [4.78, 5) is 0. The molecule has 0 saturated heterocycles. The number of hydrogen-bond donors (Lipinski definition) is 1. The fourth-order valence-corrected chi connectivity index (χ4v) is 3.23. The van der Waals surface area contributed by atoms with Gasteiger partial charge in [0.2, 0.25) is 0 Å². The molecule has 3 nitrogen and oxygen atoms in total. The SMILES string of the molecule is C=COCC(N)COCCCCCCCCCCCCCCCCCC. The van der Waals surface area contributed by atoms with E-state index in [-0.39, 0.29) is 6.04 Å². The Balaban J connectivity index is 3.04. The lowest BCUT2D eigenvalue weighted by molar-refractivity contribution is 0.0939. The molecule has 0 amide bonds. The zero-order valence-electron chi connectivity index (χ0n) is 17.7. The van der Waals surface area contributed by atoms with Crippen molar-refractivity contribution in [2.75, 3.05) is 19.8 Å². The quantitative estimate of drug-likeness (QED) is 0.169. The van der Waals surface area contributed by atoms with Gasteiger partial charge in [-0.3, -0.25) is 0 Å². The van der Waals surface area contributed by atoms with Crippen molar-refractivity contribution in [3.05, 3.63) is 12.8 Å². The molecule has 0 aromatic heterocycles. The van der Waals surface area contributed by atoms with E-state index in [0.29, 0.717) is 13.2 Å². The van der Waals surface area contributed by atoms with E-state index >= 15 is 0 Å². The second kappa shape index (κ2) is 22.5. The standard InChI is InChI=1S/C23H47NO2/c1-3-5-6-7-8-9-10-11-12-13-14-15-16-17-18-19-20-26-22-23(24)21-25-4-2/h4,23H,2-3,5-22,24H2,1H3. The van der Waals surface area contributed by atoms with Gasteiger partial charge >= 0.3 is 0 Å². The van der Waals surface area contributed by atoms with Crippen LogP contribution in [0.5, 0.6) is 0 Å². The van der Waals surface area contributed by atoms with Crippen molar-refractivity contribution in [3.8, 4) is 0 Å². The molecule has 0 aliphatic rings. The van der Waals surface area contributed by atoms with Gasteiger partial charge in [0.05, 0.1) is 18.9 Å². The van der Waals surface area contributed by atoms with E-state index in [2.05, 4.69) is 13.5 Å². The molecule has 0 spiro atoms. The zero-order valence-corrected chi connectivity index (χ0v) is 17.7. The van der Waals surface area contributed by atoms with Gasteiger partial charge in [0.1, 0.15) is 6.61 Å². The molecule has 1 atom stereocenters. The summed E-state index contributed by atoms with van der Waals surface area (Å²) in [5, 5.41) is 0. The Morgan fingerprint density at radius 2 is 1.12 bits per heavy atom. The van der Waals surface area contributed by atoms with Crippen molar-refractivity contribution >= 4 is 0 Å². The van der Waals surface area contributed by atoms with Crippen molar-refractivity contribution in [1.82, 2.24) is 0 Å². The van der Waals surface area contributed by atoms with E-state index < -0.39 is 0 Å². The third kappa shape index (κ3) is 21.5. The average molecular weight is 370 g/mol. The molecule has 0 aromatic carbocycles. The first-order valence-electron chi connectivity index (χ1n) is 11.4. The number of hydrogen-bond acceptors (Lipinski definition) is 3. The molecule has 0 saturated carbocycles. The first kappa shape index (κ1) is 25.5. The lowest BCUT2D eigenvalue weighted by Crippen LogP contribution is -2.30. The molecule has 1 unspecified atom stereocenters. The smallest absolute Gasteiger partial charge is 0.105 e. The van der Waals surface area contributed by atoms with Crippen molar-refractivity contribution < 1.29 is 9.47 Å². The summed E-state index contributed by atoms with van der Waals surface area (Å²) in [5.74, 6) is 0. The molecule has 2 N–H and O–H groups in total. The van der Waals surface area contributed by atoms with Gasteiger partial charge < -0.3 is 15.2 Å². The van der Waals surface area contributed by atoms with Crippen molar-refractivity contribution in [3.63, 3.8) is 0 Å². The molecule has 0 fully saturated rings. The fourth-order valence-electron chi connectivity index (χ4n) is 3.23. The Morgan fingerprint density at radius 3 is 1.54 bits per heavy atom. The molecular weight excluding hydrogens is 322 g/mol. The Bertz CT molecular complexity index is 271. The highest BCUT2D eigenvalue weighted by Gasteiger charge is 2.01. The molecule has 0 aromatic rings. The Labute approximate surface area is 164 Å². The second-order valence-electron chi connectivity index (χ2n) is 7.64. The van der Waals surface area contributed by atoms with Gasteiger partial charge in [-0.05, 0) is 6.42 Å². The van der Waals surface area contributed by atoms with Crippen LogP contribution in [0.4, 0.5) is 0 Å². The van der Waals surface area contributed by atoms with Gasteiger partial charge in [0.25, 0.3) is 0 Å². The van der Waals surface area contributed by atoms with Crippen LogP contribution in [-0.2, 0) is 9.47 Å². The van der Waals surface area contributed by atoms with Crippen LogP contribution in [0.2, 0.25) is 0 Å². The van der Waals surface area contributed by atoms with E-state index in [1.807, 2.05) is 0 Å². The van der Waals surface area contributed by atoms with Crippen molar-refractivity contribution in [1.29, 1.82) is 0 Å². The largest absolute Gasteiger partial charge is 0.500 e. The molecular formula is C23H47NO2. The fraction of sp³-hybridized carbons (Fsp3) is 0.913. The summed E-state index contributed by atoms with van der Waals surface area (Å²) in [6.45, 7) is 7.67. The monoisotopic (exact) mass is 369 g/mol. The minimum absolute atomic E-state index is 0.0472. The summed E-state index contributed by atoms with van der Waals surface area (Å²) in [5.41, 5.74) is 5.83. The maximum absolute atomic E-state index is 5.83. The van der Waals surface area contributed by atoms with Crippen LogP contribution in [0.3, 0.4) is 0 Å². The molecule has 156 valence electrons.